The molecule has 5 aromatic rings. The maximum atomic E-state index is 13.3. The molecule has 0 aliphatic carbocycles. The van der Waals surface area contributed by atoms with Gasteiger partial charge in [0.1, 0.15) is 29.6 Å². The standard InChI is InChI=1S/C29H24N5O6S/c1-17-32-33-27(38-17)19-7-9-21(10-8-19)39-22-13-20(14-23(15-22)40-25-11-12-34(37)28(25)36)26(35)31-29-30-24(16-41-29)18-5-3-2-4-6-18/h2-10,13-16,25,28,36H,11-12H2,1H3,(H,30,31,35)/q-1. The molecule has 2 atom stereocenters. The lowest BCUT2D eigenvalue weighted by Crippen LogP contribution is -2.34. The Kier molecular flexibility index (Phi) is 7.44. The predicted octanol–water partition coefficient (Wildman–Crippen LogP) is 5.48. The van der Waals surface area contributed by atoms with Crippen molar-refractivity contribution in [3.8, 4) is 40.0 Å². The van der Waals surface area contributed by atoms with Crippen molar-refractivity contribution in [2.75, 3.05) is 11.9 Å². The van der Waals surface area contributed by atoms with E-state index in [1.54, 1.807) is 43.3 Å². The topological polar surface area (TPSA) is 146 Å². The highest BCUT2D eigenvalue weighted by Gasteiger charge is 2.29. The van der Waals surface area contributed by atoms with Gasteiger partial charge >= 0.3 is 0 Å². The summed E-state index contributed by atoms with van der Waals surface area (Å²) in [5, 5.41) is 35.5. The number of aliphatic hydroxyl groups excluding tert-OH is 1. The van der Waals surface area contributed by atoms with E-state index in [0.717, 1.165) is 16.8 Å². The summed E-state index contributed by atoms with van der Waals surface area (Å²) < 4.78 is 17.4. The second kappa shape index (κ2) is 11.5. The zero-order chi connectivity index (χ0) is 28.3. The number of ether oxygens (including phenoxy) is 2. The molecule has 1 aliphatic heterocycles. The first-order valence-corrected chi connectivity index (χ1v) is 13.6. The molecule has 0 bridgehead atoms. The Balaban J connectivity index is 1.24. The lowest BCUT2D eigenvalue weighted by Gasteiger charge is -2.28. The molecule has 1 aliphatic rings. The summed E-state index contributed by atoms with van der Waals surface area (Å²) in [6, 6.07) is 21.4. The molecule has 6 rings (SSSR count). The van der Waals surface area contributed by atoms with Gasteiger partial charge in [-0.2, -0.15) is 0 Å². The Morgan fingerprint density at radius 1 is 1.05 bits per heavy atom. The summed E-state index contributed by atoms with van der Waals surface area (Å²) in [6.45, 7) is 1.86. The lowest BCUT2D eigenvalue weighted by atomic mass is 10.1. The van der Waals surface area contributed by atoms with E-state index >= 15 is 0 Å². The van der Waals surface area contributed by atoms with Gasteiger partial charge in [0, 0.05) is 41.5 Å². The number of hydroxylamine groups is 2. The molecule has 3 aromatic carbocycles. The number of hydrogen-bond donors (Lipinski definition) is 2. The van der Waals surface area contributed by atoms with E-state index in [-0.39, 0.29) is 17.9 Å². The maximum Gasteiger partial charge on any atom is 0.257 e. The molecular weight excluding hydrogens is 546 g/mol. The number of anilines is 1. The number of nitrogens with one attached hydrogen (secondary N) is 1. The Morgan fingerprint density at radius 2 is 1.83 bits per heavy atom. The molecule has 2 unspecified atom stereocenters. The van der Waals surface area contributed by atoms with E-state index in [1.807, 2.05) is 35.7 Å². The van der Waals surface area contributed by atoms with Crippen LogP contribution in [0, 0.1) is 12.1 Å². The van der Waals surface area contributed by atoms with Crippen LogP contribution in [0.25, 0.3) is 22.7 Å². The number of aryl methyl sites for hydroxylation is 1. The lowest BCUT2D eigenvalue weighted by molar-refractivity contribution is -0.00436. The van der Waals surface area contributed by atoms with Crippen molar-refractivity contribution < 1.29 is 23.8 Å². The monoisotopic (exact) mass is 570 g/mol. The largest absolute Gasteiger partial charge is 0.783 e. The van der Waals surface area contributed by atoms with Crippen LogP contribution in [0.4, 0.5) is 5.13 Å². The van der Waals surface area contributed by atoms with Gasteiger partial charge in [0.2, 0.25) is 11.8 Å². The van der Waals surface area contributed by atoms with E-state index in [4.69, 9.17) is 13.9 Å². The number of carbonyl (C=O) groups is 1. The average Bonchev–Trinajstić information content (AvgIpc) is 3.71. The highest BCUT2D eigenvalue weighted by molar-refractivity contribution is 7.14. The average molecular weight is 571 g/mol. The van der Waals surface area contributed by atoms with E-state index in [1.165, 1.54) is 17.4 Å². The molecule has 3 heterocycles. The number of rotatable bonds is 8. The molecule has 1 amide bonds. The van der Waals surface area contributed by atoms with Gasteiger partial charge in [-0.3, -0.25) is 10.1 Å². The normalized spacial score (nSPS) is 17.0. The summed E-state index contributed by atoms with van der Waals surface area (Å²) in [5.74, 6) is 1.52. The van der Waals surface area contributed by atoms with Gasteiger partial charge in [-0.25, -0.2) is 4.98 Å². The fraction of sp³-hybridized carbons (Fsp3) is 0.172. The number of aliphatic hydroxyl groups is 1. The van der Waals surface area contributed by atoms with Crippen molar-refractivity contribution in [2.24, 2.45) is 0 Å². The predicted molar refractivity (Wildman–Crippen MR) is 152 cm³/mol. The molecule has 0 radical (unpaired) electrons. The highest BCUT2D eigenvalue weighted by Crippen LogP contribution is 2.32. The molecule has 1 fully saturated rings. The number of amides is 1. The zero-order valence-electron chi connectivity index (χ0n) is 21.8. The smallest absolute Gasteiger partial charge is 0.257 e. The van der Waals surface area contributed by atoms with Crippen molar-refractivity contribution in [3.63, 3.8) is 0 Å². The Bertz CT molecular complexity index is 1660. The third kappa shape index (κ3) is 6.10. The number of carbonyl (C=O) groups excluding carboxylic acids is 1. The Hall–Kier alpha value is -4.62. The van der Waals surface area contributed by atoms with Crippen LogP contribution in [0.3, 0.4) is 0 Å². The first-order valence-electron chi connectivity index (χ1n) is 12.8. The highest BCUT2D eigenvalue weighted by atomic mass is 32.1. The van der Waals surface area contributed by atoms with Gasteiger partial charge in [0.25, 0.3) is 5.91 Å². The number of nitrogens with zero attached hydrogens (tertiary/aromatic N) is 4. The van der Waals surface area contributed by atoms with Crippen LogP contribution >= 0.6 is 11.3 Å². The molecule has 1 saturated heterocycles. The van der Waals surface area contributed by atoms with E-state index in [2.05, 4.69) is 20.5 Å². The summed E-state index contributed by atoms with van der Waals surface area (Å²) in [7, 11) is 0. The van der Waals surface area contributed by atoms with Crippen molar-refractivity contribution in [2.45, 2.75) is 25.7 Å². The minimum atomic E-state index is -1.30. The number of aromatic nitrogens is 3. The number of hydrogen-bond acceptors (Lipinski definition) is 11. The van der Waals surface area contributed by atoms with Crippen molar-refractivity contribution in [1.82, 2.24) is 20.2 Å². The fourth-order valence-corrected chi connectivity index (χ4v) is 5.02. The van der Waals surface area contributed by atoms with Gasteiger partial charge in [-0.15, -0.1) is 21.5 Å². The number of benzene rings is 3. The van der Waals surface area contributed by atoms with Gasteiger partial charge < -0.3 is 29.3 Å². The van der Waals surface area contributed by atoms with Gasteiger partial charge in [0.15, 0.2) is 5.13 Å². The van der Waals surface area contributed by atoms with Crippen LogP contribution in [-0.4, -0.2) is 50.1 Å². The maximum absolute atomic E-state index is 13.3. The molecule has 2 N–H and O–H groups in total. The minimum Gasteiger partial charge on any atom is -0.783 e. The van der Waals surface area contributed by atoms with Crippen LogP contribution < -0.4 is 14.8 Å². The second-order valence-corrected chi connectivity index (χ2v) is 10.2. The summed E-state index contributed by atoms with van der Waals surface area (Å²) in [6.07, 6.45) is -1.71. The summed E-state index contributed by atoms with van der Waals surface area (Å²) in [5.41, 5.74) is 2.67. The molecule has 12 heteroatoms. The minimum absolute atomic E-state index is 0.148. The van der Waals surface area contributed by atoms with Gasteiger partial charge in [-0.1, -0.05) is 30.3 Å². The number of thiazole rings is 1. The fourth-order valence-electron chi connectivity index (χ4n) is 4.30. The van der Waals surface area contributed by atoms with Crippen LogP contribution in [-0.2, 0) is 0 Å². The van der Waals surface area contributed by atoms with Crippen LogP contribution in [0.5, 0.6) is 17.2 Å². The quantitative estimate of drug-likeness (QED) is 0.246. The SMILES string of the molecule is Cc1nnc(-c2ccc(Oc3cc(OC4CCN([O-])C4O)cc(C(=O)Nc4nc(-c5ccccc5)cs4)c3)cc2)o1. The van der Waals surface area contributed by atoms with Gasteiger partial charge in [-0.05, 0) is 42.9 Å². The summed E-state index contributed by atoms with van der Waals surface area (Å²) >= 11 is 1.31. The molecule has 0 saturated carbocycles. The molecule has 0 spiro atoms. The molecule has 208 valence electrons. The zero-order valence-corrected chi connectivity index (χ0v) is 22.6. The van der Waals surface area contributed by atoms with Crippen LogP contribution in [0.15, 0.2) is 82.6 Å². The van der Waals surface area contributed by atoms with Gasteiger partial charge in [0.05, 0.1) is 5.69 Å². The third-order valence-electron chi connectivity index (χ3n) is 6.35. The molecule has 2 aromatic heterocycles. The van der Waals surface area contributed by atoms with Crippen molar-refractivity contribution in [1.29, 1.82) is 0 Å². The van der Waals surface area contributed by atoms with E-state index in [0.29, 0.717) is 39.9 Å². The Labute approximate surface area is 238 Å². The molecule has 11 nitrogen and oxygen atoms in total. The summed E-state index contributed by atoms with van der Waals surface area (Å²) in [4.78, 5) is 17.8. The third-order valence-corrected chi connectivity index (χ3v) is 7.11. The van der Waals surface area contributed by atoms with E-state index in [9.17, 15) is 15.1 Å². The van der Waals surface area contributed by atoms with Crippen molar-refractivity contribution >= 4 is 22.4 Å². The first kappa shape index (κ1) is 26.6. The molecular formula is C29H24N5O6S-. The van der Waals surface area contributed by atoms with E-state index < -0.39 is 18.2 Å². The van der Waals surface area contributed by atoms with Crippen LogP contribution in [0.2, 0.25) is 0 Å². The molecule has 41 heavy (non-hydrogen) atoms. The van der Waals surface area contributed by atoms with Crippen molar-refractivity contribution in [3.05, 3.63) is 94.8 Å². The Morgan fingerprint density at radius 3 is 2.54 bits per heavy atom. The first-order chi connectivity index (χ1) is 19.9. The van der Waals surface area contributed by atoms with Crippen LogP contribution in [0.1, 0.15) is 22.7 Å². The second-order valence-electron chi connectivity index (χ2n) is 9.30.